The number of allylic oxidation sites excluding steroid dienone is 1. The fourth-order valence-corrected chi connectivity index (χ4v) is 4.24. The van der Waals surface area contributed by atoms with Gasteiger partial charge in [-0.05, 0) is 65.3 Å². The zero-order chi connectivity index (χ0) is 25.8. The summed E-state index contributed by atoms with van der Waals surface area (Å²) >= 11 is 0. The summed E-state index contributed by atoms with van der Waals surface area (Å²) in [5.41, 5.74) is 3.47. The summed E-state index contributed by atoms with van der Waals surface area (Å²) in [6, 6.07) is 10.2. The second-order valence-electron chi connectivity index (χ2n) is 9.20. The van der Waals surface area contributed by atoms with Gasteiger partial charge in [-0.3, -0.25) is 4.98 Å². The van der Waals surface area contributed by atoms with Crippen LogP contribution in [0.4, 0.5) is 22.0 Å². The Bertz CT molecular complexity index is 1120. The standard InChI is InChI=1S/C20H16F3N3.C7H12F2/c1-3-13-6-15(14-4-5-18(26-11-14)20(21,22)23)8-16(7-13)19-12(2)10-25-17(19)9-24;1-6-2-4-7(8,9)5-3-6/h3-8,11-12,25H,1,10H2,2H3;6H,2-5H2,1H3. The molecule has 1 unspecified atom stereocenters. The van der Waals surface area contributed by atoms with Crippen LogP contribution in [0.1, 0.15) is 56.4 Å². The quantitative estimate of drug-likeness (QED) is 0.449. The van der Waals surface area contributed by atoms with E-state index in [1.54, 1.807) is 6.08 Å². The van der Waals surface area contributed by atoms with E-state index in [0.29, 0.717) is 36.6 Å². The van der Waals surface area contributed by atoms with Crippen molar-refractivity contribution in [2.75, 3.05) is 6.54 Å². The van der Waals surface area contributed by atoms with Crippen molar-refractivity contribution >= 4 is 11.6 Å². The summed E-state index contributed by atoms with van der Waals surface area (Å²) in [5, 5.41) is 12.4. The molecule has 2 aromatic rings. The summed E-state index contributed by atoms with van der Waals surface area (Å²) in [4.78, 5) is 3.53. The molecule has 1 saturated carbocycles. The fraction of sp³-hybridized carbons (Fsp3) is 0.407. The molecule has 8 heteroatoms. The van der Waals surface area contributed by atoms with E-state index < -0.39 is 17.8 Å². The third-order valence-electron chi connectivity index (χ3n) is 6.35. The SMILES string of the molecule is C=Cc1cc(C2=C(C#N)NCC2C)cc(-c2ccc(C(F)(F)F)nc2)c1.CC1CCC(F)(F)CC1. The van der Waals surface area contributed by atoms with Gasteiger partial charge in [-0.15, -0.1) is 0 Å². The zero-order valence-corrected chi connectivity index (χ0v) is 19.7. The van der Waals surface area contributed by atoms with Gasteiger partial charge < -0.3 is 5.32 Å². The molecule has 4 rings (SSSR count). The lowest BCUT2D eigenvalue weighted by Gasteiger charge is -2.25. The molecule has 2 aliphatic rings. The number of nitriles is 1. The van der Waals surface area contributed by atoms with Gasteiger partial charge in [0.2, 0.25) is 5.92 Å². The number of nitrogens with zero attached hydrogens (tertiary/aromatic N) is 2. The molecular weight excluding hydrogens is 461 g/mol. The van der Waals surface area contributed by atoms with Gasteiger partial charge in [-0.2, -0.15) is 18.4 Å². The van der Waals surface area contributed by atoms with Crippen molar-refractivity contribution in [3.8, 4) is 17.2 Å². The van der Waals surface area contributed by atoms with Crippen LogP contribution in [0.15, 0.2) is 48.8 Å². The predicted molar refractivity (Wildman–Crippen MR) is 127 cm³/mol. The number of halogens is 5. The van der Waals surface area contributed by atoms with E-state index in [0.717, 1.165) is 28.3 Å². The summed E-state index contributed by atoms with van der Waals surface area (Å²) in [6.45, 7) is 8.51. The number of aromatic nitrogens is 1. The number of rotatable bonds is 3. The van der Waals surface area contributed by atoms with E-state index in [4.69, 9.17) is 0 Å². The molecule has 1 N–H and O–H groups in total. The van der Waals surface area contributed by atoms with Crippen molar-refractivity contribution in [2.45, 2.75) is 51.6 Å². The highest BCUT2D eigenvalue weighted by molar-refractivity contribution is 5.80. The third kappa shape index (κ3) is 6.68. The first-order valence-corrected chi connectivity index (χ1v) is 11.5. The van der Waals surface area contributed by atoms with Crippen LogP contribution in [-0.2, 0) is 6.18 Å². The Kier molecular flexibility index (Phi) is 7.99. The van der Waals surface area contributed by atoms with Crippen LogP contribution in [0.5, 0.6) is 0 Å². The highest BCUT2D eigenvalue weighted by atomic mass is 19.4. The Balaban J connectivity index is 0.000000320. The Morgan fingerprint density at radius 2 is 1.74 bits per heavy atom. The van der Waals surface area contributed by atoms with Crippen molar-refractivity contribution in [1.29, 1.82) is 5.26 Å². The van der Waals surface area contributed by atoms with Gasteiger partial charge in [0.1, 0.15) is 17.5 Å². The number of hydrogen-bond donors (Lipinski definition) is 1. The minimum Gasteiger partial charge on any atom is -0.376 e. The van der Waals surface area contributed by atoms with Crippen molar-refractivity contribution in [2.24, 2.45) is 11.8 Å². The average Bonchev–Trinajstić information content (AvgIpc) is 3.21. The molecular formula is C27H28F5N3. The topological polar surface area (TPSA) is 48.7 Å². The maximum Gasteiger partial charge on any atom is 0.433 e. The Labute approximate surface area is 202 Å². The molecule has 1 aromatic carbocycles. The third-order valence-corrected chi connectivity index (χ3v) is 6.35. The van der Waals surface area contributed by atoms with Crippen LogP contribution in [0, 0.1) is 23.2 Å². The van der Waals surface area contributed by atoms with Crippen molar-refractivity contribution in [3.05, 3.63) is 65.6 Å². The number of pyridine rings is 1. The second-order valence-corrected chi connectivity index (χ2v) is 9.20. The molecule has 2 heterocycles. The summed E-state index contributed by atoms with van der Waals surface area (Å²) in [6.07, 6.45) is 0.0291. The van der Waals surface area contributed by atoms with Crippen LogP contribution in [0.2, 0.25) is 0 Å². The van der Waals surface area contributed by atoms with Crippen molar-refractivity contribution in [3.63, 3.8) is 0 Å². The van der Waals surface area contributed by atoms with Crippen LogP contribution < -0.4 is 5.32 Å². The second kappa shape index (κ2) is 10.6. The van der Waals surface area contributed by atoms with Crippen LogP contribution in [-0.4, -0.2) is 17.5 Å². The smallest absolute Gasteiger partial charge is 0.376 e. The lowest BCUT2D eigenvalue weighted by atomic mass is 9.88. The molecule has 1 aliphatic heterocycles. The minimum absolute atomic E-state index is 0.105. The number of benzene rings is 1. The summed E-state index contributed by atoms with van der Waals surface area (Å²) in [5.74, 6) is -1.67. The molecule has 1 aromatic heterocycles. The Morgan fingerprint density at radius 1 is 1.09 bits per heavy atom. The molecule has 1 atom stereocenters. The normalized spacial score (nSPS) is 19.9. The lowest BCUT2D eigenvalue weighted by Crippen LogP contribution is -2.23. The predicted octanol–water partition coefficient (Wildman–Crippen LogP) is 7.72. The molecule has 0 spiro atoms. The molecule has 0 bridgehead atoms. The number of alkyl halides is 5. The van der Waals surface area contributed by atoms with E-state index in [1.165, 1.54) is 12.3 Å². The first-order valence-electron chi connectivity index (χ1n) is 11.5. The summed E-state index contributed by atoms with van der Waals surface area (Å²) < 4.78 is 62.9. The number of hydrogen-bond acceptors (Lipinski definition) is 3. The van der Waals surface area contributed by atoms with E-state index >= 15 is 0 Å². The van der Waals surface area contributed by atoms with Crippen molar-refractivity contribution in [1.82, 2.24) is 10.3 Å². The highest BCUT2D eigenvalue weighted by Gasteiger charge is 2.33. The zero-order valence-electron chi connectivity index (χ0n) is 19.7. The fourth-order valence-electron chi connectivity index (χ4n) is 4.24. The van der Waals surface area contributed by atoms with E-state index in [9.17, 15) is 27.2 Å². The van der Waals surface area contributed by atoms with E-state index in [2.05, 4.69) is 22.9 Å². The van der Waals surface area contributed by atoms with Crippen LogP contribution in [0.3, 0.4) is 0 Å². The van der Waals surface area contributed by atoms with Gasteiger partial charge >= 0.3 is 6.18 Å². The van der Waals surface area contributed by atoms with E-state index in [-0.39, 0.29) is 18.8 Å². The summed E-state index contributed by atoms with van der Waals surface area (Å²) in [7, 11) is 0. The minimum atomic E-state index is -4.47. The Morgan fingerprint density at radius 3 is 2.26 bits per heavy atom. The molecule has 1 fully saturated rings. The first kappa shape index (κ1) is 26.4. The van der Waals surface area contributed by atoms with Gasteiger partial charge in [-0.1, -0.05) is 32.6 Å². The Hall–Kier alpha value is -3.21. The monoisotopic (exact) mass is 489 g/mol. The lowest BCUT2D eigenvalue weighted by molar-refractivity contribution is -0.141. The van der Waals surface area contributed by atoms with Crippen LogP contribution >= 0.6 is 0 Å². The molecule has 0 amide bonds. The molecule has 3 nitrogen and oxygen atoms in total. The van der Waals surface area contributed by atoms with Crippen LogP contribution in [0.25, 0.3) is 22.8 Å². The van der Waals surface area contributed by atoms with E-state index in [1.807, 2.05) is 32.0 Å². The molecule has 35 heavy (non-hydrogen) atoms. The van der Waals surface area contributed by atoms with Gasteiger partial charge in [-0.25, -0.2) is 8.78 Å². The largest absolute Gasteiger partial charge is 0.433 e. The van der Waals surface area contributed by atoms with Crippen molar-refractivity contribution < 1.29 is 22.0 Å². The number of nitrogens with one attached hydrogen (secondary N) is 1. The molecule has 0 saturated heterocycles. The molecule has 186 valence electrons. The maximum absolute atomic E-state index is 12.7. The first-order chi connectivity index (χ1) is 16.4. The molecule has 0 radical (unpaired) electrons. The van der Waals surface area contributed by atoms with Gasteiger partial charge in [0.05, 0.1) is 0 Å². The molecule has 1 aliphatic carbocycles. The maximum atomic E-state index is 12.7. The van der Waals surface area contributed by atoms with Gasteiger partial charge in [0.25, 0.3) is 0 Å². The average molecular weight is 490 g/mol. The van der Waals surface area contributed by atoms with Gasteiger partial charge in [0, 0.05) is 37.1 Å². The van der Waals surface area contributed by atoms with Gasteiger partial charge in [0.15, 0.2) is 0 Å². The highest BCUT2D eigenvalue weighted by Crippen LogP contribution is 2.36.